The zero-order valence-corrected chi connectivity index (χ0v) is 13.7. The summed E-state index contributed by atoms with van der Waals surface area (Å²) < 4.78 is 0. The van der Waals surface area contributed by atoms with E-state index in [2.05, 4.69) is 5.32 Å². The smallest absolute Gasteiger partial charge is 0.322 e. The number of rotatable bonds is 2. The van der Waals surface area contributed by atoms with Gasteiger partial charge in [0.15, 0.2) is 0 Å². The molecule has 1 N–H and O–H groups in total. The number of benzene rings is 1. The van der Waals surface area contributed by atoms with Crippen LogP contribution >= 0.6 is 23.2 Å². The molecule has 2 heterocycles. The molecule has 0 aromatic heterocycles. The van der Waals surface area contributed by atoms with E-state index < -0.39 is 6.04 Å². The van der Waals surface area contributed by atoms with Crippen molar-refractivity contribution < 1.29 is 9.59 Å². The lowest BCUT2D eigenvalue weighted by atomic mass is 9.96. The molecule has 1 aromatic rings. The third kappa shape index (κ3) is 2.25. The zero-order chi connectivity index (χ0) is 16.0. The molecular weight excluding hydrogens is 325 g/mol. The zero-order valence-electron chi connectivity index (χ0n) is 12.2. The number of hydrogen-bond donors (Lipinski definition) is 1. The number of halogens is 2. The molecule has 0 spiro atoms. The molecule has 3 amide bonds. The highest BCUT2D eigenvalue weighted by Gasteiger charge is 2.42. The van der Waals surface area contributed by atoms with E-state index >= 15 is 0 Å². The maximum atomic E-state index is 12.6. The molecule has 3 rings (SSSR count). The van der Waals surface area contributed by atoms with Crippen molar-refractivity contribution in [1.29, 1.82) is 0 Å². The second-order valence-electron chi connectivity index (χ2n) is 5.29. The Morgan fingerprint density at radius 2 is 2.00 bits per heavy atom. The Hall–Kier alpha value is -1.72. The van der Waals surface area contributed by atoms with Crippen LogP contribution in [-0.2, 0) is 4.79 Å². The molecule has 2 aliphatic rings. The van der Waals surface area contributed by atoms with E-state index in [1.807, 2.05) is 6.92 Å². The largest absolute Gasteiger partial charge is 0.333 e. The Morgan fingerprint density at radius 1 is 1.27 bits per heavy atom. The number of carbonyl (C=O) groups excluding carboxylic acids is 2. The second-order valence-corrected chi connectivity index (χ2v) is 6.11. The van der Waals surface area contributed by atoms with Crippen LogP contribution in [0.5, 0.6) is 0 Å². The van der Waals surface area contributed by atoms with Crippen molar-refractivity contribution in [1.82, 2.24) is 15.1 Å². The normalized spacial score (nSPS) is 21.4. The summed E-state index contributed by atoms with van der Waals surface area (Å²) in [5.41, 5.74) is 2.09. The van der Waals surface area contributed by atoms with Gasteiger partial charge >= 0.3 is 6.03 Å². The van der Waals surface area contributed by atoms with Gasteiger partial charge in [-0.25, -0.2) is 4.79 Å². The minimum atomic E-state index is -0.502. The lowest BCUT2D eigenvalue weighted by Gasteiger charge is -2.31. The molecule has 0 saturated heterocycles. The standard InChI is InChI=1S/C15H15Cl2N3O2/c1-3-20-7-11-12(14(20)21)13(18-15(22)19(11)2)8-4-5-9(16)10(17)6-8/h4-6,13H,3,7H2,1-2H3,(H,18,22). The lowest BCUT2D eigenvalue weighted by molar-refractivity contribution is -0.125. The fourth-order valence-corrected chi connectivity index (χ4v) is 3.13. The number of hydrogen-bond acceptors (Lipinski definition) is 2. The molecule has 1 aromatic carbocycles. The van der Waals surface area contributed by atoms with Gasteiger partial charge in [0, 0.05) is 13.6 Å². The third-order valence-electron chi connectivity index (χ3n) is 4.09. The van der Waals surface area contributed by atoms with E-state index in [4.69, 9.17) is 23.2 Å². The summed E-state index contributed by atoms with van der Waals surface area (Å²) in [6, 6.07) is 4.39. The maximum absolute atomic E-state index is 12.6. The average molecular weight is 340 g/mol. The first-order valence-corrected chi connectivity index (χ1v) is 7.71. The maximum Gasteiger partial charge on any atom is 0.322 e. The summed E-state index contributed by atoms with van der Waals surface area (Å²) in [6.07, 6.45) is 0. The molecule has 0 aliphatic carbocycles. The summed E-state index contributed by atoms with van der Waals surface area (Å²) in [6.45, 7) is 2.97. The number of nitrogens with zero attached hydrogens (tertiary/aromatic N) is 2. The molecule has 0 radical (unpaired) electrons. The highest BCUT2D eigenvalue weighted by molar-refractivity contribution is 6.42. The molecule has 0 saturated carbocycles. The van der Waals surface area contributed by atoms with E-state index in [1.165, 1.54) is 4.90 Å². The topological polar surface area (TPSA) is 52.7 Å². The van der Waals surface area contributed by atoms with Gasteiger partial charge in [-0.1, -0.05) is 29.3 Å². The van der Waals surface area contributed by atoms with Crippen LogP contribution in [0.1, 0.15) is 18.5 Å². The SMILES string of the molecule is CCN1CC2=C(C1=O)C(c1ccc(Cl)c(Cl)c1)NC(=O)N2C. The summed E-state index contributed by atoms with van der Waals surface area (Å²) in [4.78, 5) is 28.0. The van der Waals surface area contributed by atoms with E-state index in [9.17, 15) is 9.59 Å². The van der Waals surface area contributed by atoms with Gasteiger partial charge in [-0.2, -0.15) is 0 Å². The van der Waals surface area contributed by atoms with E-state index in [0.717, 1.165) is 11.3 Å². The van der Waals surface area contributed by atoms with Crippen molar-refractivity contribution in [2.45, 2.75) is 13.0 Å². The first-order chi connectivity index (χ1) is 10.4. The van der Waals surface area contributed by atoms with Crippen LogP contribution in [0.2, 0.25) is 10.0 Å². The van der Waals surface area contributed by atoms with Crippen LogP contribution in [-0.4, -0.2) is 41.9 Å². The van der Waals surface area contributed by atoms with E-state index in [1.54, 1.807) is 30.1 Å². The van der Waals surface area contributed by atoms with Crippen LogP contribution in [0.15, 0.2) is 29.5 Å². The number of amides is 3. The Kier molecular flexibility index (Phi) is 3.78. The molecule has 1 unspecified atom stereocenters. The van der Waals surface area contributed by atoms with Crippen LogP contribution in [0, 0.1) is 0 Å². The van der Waals surface area contributed by atoms with Crippen molar-refractivity contribution in [3.63, 3.8) is 0 Å². The molecule has 1 atom stereocenters. The monoisotopic (exact) mass is 339 g/mol. The molecule has 7 heteroatoms. The Balaban J connectivity index is 2.08. The van der Waals surface area contributed by atoms with Gasteiger partial charge < -0.3 is 10.2 Å². The predicted molar refractivity (Wildman–Crippen MR) is 84.8 cm³/mol. The predicted octanol–water partition coefficient (Wildman–Crippen LogP) is 2.81. The van der Waals surface area contributed by atoms with Gasteiger partial charge in [0.1, 0.15) is 0 Å². The minimum absolute atomic E-state index is 0.0552. The van der Waals surface area contributed by atoms with Gasteiger partial charge in [0.2, 0.25) is 0 Å². The molecule has 0 fully saturated rings. The number of nitrogens with one attached hydrogen (secondary N) is 1. The second kappa shape index (κ2) is 5.48. The van der Waals surface area contributed by atoms with E-state index in [-0.39, 0.29) is 11.9 Å². The quantitative estimate of drug-likeness (QED) is 0.900. The highest BCUT2D eigenvalue weighted by atomic mass is 35.5. The van der Waals surface area contributed by atoms with Crippen LogP contribution in [0.3, 0.4) is 0 Å². The van der Waals surface area contributed by atoms with Crippen LogP contribution < -0.4 is 5.32 Å². The van der Waals surface area contributed by atoms with Gasteiger partial charge in [-0.3, -0.25) is 9.69 Å². The van der Waals surface area contributed by atoms with Crippen molar-refractivity contribution in [3.05, 3.63) is 45.1 Å². The number of urea groups is 1. The number of likely N-dealkylation sites (N-methyl/N-ethyl adjacent to an activating group) is 2. The average Bonchev–Trinajstić information content (AvgIpc) is 2.83. The highest BCUT2D eigenvalue weighted by Crippen LogP contribution is 2.37. The van der Waals surface area contributed by atoms with Gasteiger partial charge in [0.05, 0.1) is 33.9 Å². The Bertz CT molecular complexity index is 702. The van der Waals surface area contributed by atoms with Crippen molar-refractivity contribution >= 4 is 35.1 Å². The first kappa shape index (κ1) is 15.2. The fraction of sp³-hybridized carbons (Fsp3) is 0.333. The van der Waals surface area contributed by atoms with Crippen molar-refractivity contribution in [2.75, 3.05) is 20.1 Å². The number of carbonyl (C=O) groups is 2. The summed E-state index contributed by atoms with van der Waals surface area (Å²) in [7, 11) is 1.67. The molecule has 5 nitrogen and oxygen atoms in total. The van der Waals surface area contributed by atoms with Crippen molar-refractivity contribution in [3.8, 4) is 0 Å². The molecule has 116 valence electrons. The summed E-state index contributed by atoms with van der Waals surface area (Å²) in [5, 5.41) is 3.69. The molecule has 2 aliphatic heterocycles. The molecule has 22 heavy (non-hydrogen) atoms. The Morgan fingerprint density at radius 3 is 2.64 bits per heavy atom. The molecular formula is C15H15Cl2N3O2. The van der Waals surface area contributed by atoms with Crippen LogP contribution in [0.4, 0.5) is 4.79 Å². The third-order valence-corrected chi connectivity index (χ3v) is 4.83. The molecule has 0 bridgehead atoms. The lowest BCUT2D eigenvalue weighted by Crippen LogP contribution is -2.45. The minimum Gasteiger partial charge on any atom is -0.333 e. The van der Waals surface area contributed by atoms with E-state index in [0.29, 0.717) is 28.7 Å². The summed E-state index contributed by atoms with van der Waals surface area (Å²) in [5.74, 6) is -0.0552. The van der Waals surface area contributed by atoms with Crippen LogP contribution in [0.25, 0.3) is 0 Å². The fourth-order valence-electron chi connectivity index (χ4n) is 2.82. The summed E-state index contributed by atoms with van der Waals surface area (Å²) >= 11 is 12.0. The van der Waals surface area contributed by atoms with Gasteiger partial charge in [-0.15, -0.1) is 0 Å². The van der Waals surface area contributed by atoms with Gasteiger partial charge in [0.25, 0.3) is 5.91 Å². The van der Waals surface area contributed by atoms with Crippen molar-refractivity contribution in [2.24, 2.45) is 0 Å². The Labute approximate surface area is 138 Å². The van der Waals surface area contributed by atoms with Gasteiger partial charge in [-0.05, 0) is 24.6 Å². The first-order valence-electron chi connectivity index (χ1n) is 6.95.